The number of carbonyl (C=O) groups excluding carboxylic acids is 1. The van der Waals surface area contributed by atoms with Crippen molar-refractivity contribution in [1.29, 1.82) is 0 Å². The van der Waals surface area contributed by atoms with Crippen molar-refractivity contribution in [2.24, 2.45) is 0 Å². The van der Waals surface area contributed by atoms with Gasteiger partial charge in [-0.2, -0.15) is 0 Å². The molecule has 24 heavy (non-hydrogen) atoms. The van der Waals surface area contributed by atoms with Crippen molar-refractivity contribution in [2.45, 2.75) is 39.2 Å². The van der Waals surface area contributed by atoms with Gasteiger partial charge in [0.05, 0.1) is 0 Å². The van der Waals surface area contributed by atoms with Crippen LogP contribution in [0.2, 0.25) is 0 Å². The highest BCUT2D eigenvalue weighted by molar-refractivity contribution is 14.1. The van der Waals surface area contributed by atoms with Gasteiger partial charge in [0.1, 0.15) is 11.5 Å². The van der Waals surface area contributed by atoms with E-state index in [-0.39, 0.29) is 5.91 Å². The standard InChI is InChI=1S/C19H20IN3O/c1-3-23-10-13-6-7-17(22-18(13)19(23)24)21-16-8-11(2)15(20)9-14(16)12-4-5-12/h6-9,12H,3-5,10H2,1-2H3,(H,21,22). The molecule has 1 aliphatic carbocycles. The largest absolute Gasteiger partial charge is 0.340 e. The molecule has 1 N–H and O–H groups in total. The number of amides is 1. The van der Waals surface area contributed by atoms with Crippen molar-refractivity contribution >= 4 is 40.0 Å². The maximum Gasteiger partial charge on any atom is 0.273 e. The topological polar surface area (TPSA) is 45.2 Å². The fraction of sp³-hybridized carbons (Fsp3) is 0.368. The molecule has 4 rings (SSSR count). The normalized spacial score (nSPS) is 16.5. The van der Waals surface area contributed by atoms with Crippen LogP contribution in [0.15, 0.2) is 24.3 Å². The lowest BCUT2D eigenvalue weighted by Gasteiger charge is -2.14. The van der Waals surface area contributed by atoms with Gasteiger partial charge in [-0.05, 0) is 84.5 Å². The average molecular weight is 433 g/mol. The first-order valence-corrected chi connectivity index (χ1v) is 9.51. The summed E-state index contributed by atoms with van der Waals surface area (Å²) in [6.45, 7) is 5.52. The van der Waals surface area contributed by atoms with E-state index < -0.39 is 0 Å². The monoisotopic (exact) mass is 433 g/mol. The van der Waals surface area contributed by atoms with Crippen LogP contribution in [-0.2, 0) is 6.54 Å². The summed E-state index contributed by atoms with van der Waals surface area (Å²) in [5.74, 6) is 1.45. The fourth-order valence-corrected chi connectivity index (χ4v) is 3.72. The number of hydrogen-bond acceptors (Lipinski definition) is 3. The van der Waals surface area contributed by atoms with E-state index in [1.54, 1.807) is 0 Å². The first kappa shape index (κ1) is 15.9. The zero-order chi connectivity index (χ0) is 16.8. The van der Waals surface area contributed by atoms with Crippen molar-refractivity contribution in [2.75, 3.05) is 11.9 Å². The van der Waals surface area contributed by atoms with Crippen LogP contribution in [-0.4, -0.2) is 22.3 Å². The lowest BCUT2D eigenvalue weighted by atomic mass is 10.1. The minimum Gasteiger partial charge on any atom is -0.340 e. The van der Waals surface area contributed by atoms with Gasteiger partial charge in [0.2, 0.25) is 0 Å². The van der Waals surface area contributed by atoms with Crippen molar-refractivity contribution in [1.82, 2.24) is 9.88 Å². The third-order valence-corrected chi connectivity index (χ3v) is 5.98. The summed E-state index contributed by atoms with van der Waals surface area (Å²) in [6.07, 6.45) is 2.52. The first-order chi connectivity index (χ1) is 11.6. The Hall–Kier alpha value is -1.63. The summed E-state index contributed by atoms with van der Waals surface area (Å²) in [6, 6.07) is 8.49. The minimum atomic E-state index is 0.0392. The molecular formula is C19H20IN3O. The summed E-state index contributed by atoms with van der Waals surface area (Å²) in [4.78, 5) is 18.8. The summed E-state index contributed by atoms with van der Waals surface area (Å²) in [7, 11) is 0. The van der Waals surface area contributed by atoms with Gasteiger partial charge in [-0.15, -0.1) is 0 Å². The van der Waals surface area contributed by atoms with Crippen molar-refractivity contribution in [3.8, 4) is 0 Å². The number of halogens is 1. The minimum absolute atomic E-state index is 0.0392. The average Bonchev–Trinajstić information content (AvgIpc) is 3.36. The molecule has 2 aromatic rings. The number of hydrogen-bond donors (Lipinski definition) is 1. The number of carbonyl (C=O) groups is 1. The zero-order valence-electron chi connectivity index (χ0n) is 13.9. The molecule has 1 aliphatic heterocycles. The number of nitrogens with one attached hydrogen (secondary N) is 1. The molecule has 5 heteroatoms. The van der Waals surface area contributed by atoms with Gasteiger partial charge in [-0.1, -0.05) is 6.07 Å². The van der Waals surface area contributed by atoms with Crippen LogP contribution in [0.4, 0.5) is 11.5 Å². The molecule has 1 amide bonds. The Kier molecular flexibility index (Phi) is 3.98. The number of benzene rings is 1. The number of rotatable bonds is 4. The summed E-state index contributed by atoms with van der Waals surface area (Å²) < 4.78 is 1.30. The molecule has 1 fully saturated rings. The second-order valence-electron chi connectivity index (χ2n) is 6.61. The van der Waals surface area contributed by atoms with E-state index in [2.05, 4.69) is 51.9 Å². The van der Waals surface area contributed by atoms with Crippen LogP contribution in [0, 0.1) is 10.5 Å². The van der Waals surface area contributed by atoms with Crippen LogP contribution in [0.25, 0.3) is 0 Å². The Balaban J connectivity index is 1.67. The van der Waals surface area contributed by atoms with Gasteiger partial charge in [0.25, 0.3) is 5.91 Å². The predicted octanol–water partition coefficient (Wildman–Crippen LogP) is 4.59. The highest BCUT2D eigenvalue weighted by Crippen LogP contribution is 2.45. The third kappa shape index (κ3) is 2.79. The summed E-state index contributed by atoms with van der Waals surface area (Å²) in [5.41, 5.74) is 5.37. The molecule has 0 spiro atoms. The summed E-state index contributed by atoms with van der Waals surface area (Å²) >= 11 is 2.40. The Labute approximate surface area is 155 Å². The quantitative estimate of drug-likeness (QED) is 0.718. The Morgan fingerprint density at radius 3 is 2.83 bits per heavy atom. The number of nitrogens with zero attached hydrogens (tertiary/aromatic N) is 2. The van der Waals surface area contributed by atoms with E-state index in [1.807, 2.05) is 24.0 Å². The Morgan fingerprint density at radius 1 is 1.33 bits per heavy atom. The Bertz CT molecular complexity index is 830. The third-order valence-electron chi connectivity index (χ3n) is 4.82. The van der Waals surface area contributed by atoms with E-state index in [1.165, 1.54) is 27.5 Å². The molecule has 124 valence electrons. The molecule has 0 atom stereocenters. The second kappa shape index (κ2) is 6.02. The van der Waals surface area contributed by atoms with Gasteiger partial charge in [-0.3, -0.25) is 4.79 Å². The smallest absolute Gasteiger partial charge is 0.273 e. The molecule has 0 bridgehead atoms. The molecule has 2 aliphatic rings. The van der Waals surface area contributed by atoms with E-state index in [0.717, 1.165) is 23.6 Å². The zero-order valence-corrected chi connectivity index (χ0v) is 16.1. The van der Waals surface area contributed by atoms with Crippen LogP contribution in [0.5, 0.6) is 0 Å². The number of aromatic nitrogens is 1. The lowest BCUT2D eigenvalue weighted by molar-refractivity contribution is 0.0783. The Morgan fingerprint density at radius 2 is 2.12 bits per heavy atom. The molecule has 0 radical (unpaired) electrons. The summed E-state index contributed by atoms with van der Waals surface area (Å²) in [5, 5.41) is 3.46. The number of aryl methyl sites for hydroxylation is 1. The highest BCUT2D eigenvalue weighted by atomic mass is 127. The molecule has 1 saturated carbocycles. The molecule has 2 heterocycles. The molecule has 1 aromatic heterocycles. The van der Waals surface area contributed by atoms with Crippen LogP contribution >= 0.6 is 22.6 Å². The maximum atomic E-state index is 12.4. The maximum absolute atomic E-state index is 12.4. The number of fused-ring (bicyclic) bond motifs is 1. The number of pyridine rings is 1. The highest BCUT2D eigenvalue weighted by Gasteiger charge is 2.29. The van der Waals surface area contributed by atoms with Gasteiger partial charge >= 0.3 is 0 Å². The van der Waals surface area contributed by atoms with Crippen LogP contribution in [0.3, 0.4) is 0 Å². The number of anilines is 2. The van der Waals surface area contributed by atoms with Crippen molar-refractivity contribution in [3.63, 3.8) is 0 Å². The molecule has 0 unspecified atom stereocenters. The SMILES string of the molecule is CCN1Cc2ccc(Nc3cc(C)c(I)cc3C3CC3)nc2C1=O. The second-order valence-corrected chi connectivity index (χ2v) is 7.77. The predicted molar refractivity (Wildman–Crippen MR) is 104 cm³/mol. The van der Waals surface area contributed by atoms with Gasteiger partial charge < -0.3 is 10.2 Å². The van der Waals surface area contributed by atoms with Gasteiger partial charge in [-0.25, -0.2) is 4.98 Å². The van der Waals surface area contributed by atoms with Gasteiger partial charge in [0.15, 0.2) is 0 Å². The van der Waals surface area contributed by atoms with Crippen LogP contribution in [0.1, 0.15) is 52.9 Å². The van der Waals surface area contributed by atoms with E-state index in [9.17, 15) is 4.79 Å². The molecule has 0 saturated heterocycles. The molecular weight excluding hydrogens is 413 g/mol. The van der Waals surface area contributed by atoms with E-state index in [0.29, 0.717) is 18.2 Å². The molecule has 1 aromatic carbocycles. The first-order valence-electron chi connectivity index (χ1n) is 8.43. The van der Waals surface area contributed by atoms with Gasteiger partial charge in [0, 0.05) is 27.9 Å². The van der Waals surface area contributed by atoms with E-state index in [4.69, 9.17) is 0 Å². The lowest BCUT2D eigenvalue weighted by Crippen LogP contribution is -2.23. The fourth-order valence-electron chi connectivity index (χ4n) is 3.23. The van der Waals surface area contributed by atoms with Crippen LogP contribution < -0.4 is 5.32 Å². The van der Waals surface area contributed by atoms with E-state index >= 15 is 0 Å². The van der Waals surface area contributed by atoms with Crippen molar-refractivity contribution in [3.05, 3.63) is 50.2 Å². The molecule has 4 nitrogen and oxygen atoms in total. The van der Waals surface area contributed by atoms with Crippen molar-refractivity contribution < 1.29 is 4.79 Å².